The van der Waals surface area contributed by atoms with Crippen molar-refractivity contribution in [3.63, 3.8) is 0 Å². The zero-order valence-corrected chi connectivity index (χ0v) is 15.6. The number of carbonyl (C=O) groups is 1. The third-order valence-corrected chi connectivity index (χ3v) is 5.97. The molecule has 1 aromatic carbocycles. The lowest BCUT2D eigenvalue weighted by Gasteiger charge is -2.37. The first kappa shape index (κ1) is 18.8. The minimum Gasteiger partial charge on any atom is -0.341 e. The molecule has 1 atom stereocenters. The van der Waals surface area contributed by atoms with Crippen molar-refractivity contribution in [3.05, 3.63) is 30.3 Å². The predicted molar refractivity (Wildman–Crippen MR) is 97.5 cm³/mol. The van der Waals surface area contributed by atoms with Crippen molar-refractivity contribution in [2.45, 2.75) is 57.5 Å². The quantitative estimate of drug-likeness (QED) is 0.791. The third kappa shape index (κ3) is 4.29. The van der Waals surface area contributed by atoms with Gasteiger partial charge in [-0.3, -0.25) is 9.10 Å². The van der Waals surface area contributed by atoms with Crippen LogP contribution in [0.2, 0.25) is 0 Å². The van der Waals surface area contributed by atoms with Crippen LogP contribution in [0, 0.1) is 0 Å². The highest BCUT2D eigenvalue weighted by Crippen LogP contribution is 2.26. The average Bonchev–Trinajstić information content (AvgIpc) is 2.58. The fourth-order valence-electron chi connectivity index (χ4n) is 3.50. The smallest absolute Gasteiger partial charge is 0.246 e. The van der Waals surface area contributed by atoms with Gasteiger partial charge in [0.05, 0.1) is 11.9 Å². The molecule has 0 aromatic heterocycles. The normalized spacial score (nSPS) is 17.3. The van der Waals surface area contributed by atoms with Crippen LogP contribution < -0.4 is 4.31 Å². The molecule has 0 unspecified atom stereocenters. The highest BCUT2D eigenvalue weighted by molar-refractivity contribution is 7.92. The highest BCUT2D eigenvalue weighted by Gasteiger charge is 2.35. The lowest BCUT2D eigenvalue weighted by molar-refractivity contribution is -0.133. The van der Waals surface area contributed by atoms with E-state index in [0.29, 0.717) is 12.1 Å². The van der Waals surface area contributed by atoms with Gasteiger partial charge in [-0.1, -0.05) is 44.4 Å². The molecule has 1 fully saturated rings. The van der Waals surface area contributed by atoms with Gasteiger partial charge in [0.1, 0.15) is 6.04 Å². The van der Waals surface area contributed by atoms with Crippen LogP contribution in [0.1, 0.15) is 45.4 Å². The maximum atomic E-state index is 13.1. The van der Waals surface area contributed by atoms with Crippen molar-refractivity contribution in [3.8, 4) is 0 Å². The third-order valence-electron chi connectivity index (χ3n) is 4.79. The average molecular weight is 353 g/mol. The lowest BCUT2D eigenvalue weighted by Crippen LogP contribution is -2.52. The van der Waals surface area contributed by atoms with Crippen LogP contribution in [0.15, 0.2) is 30.3 Å². The van der Waals surface area contributed by atoms with Gasteiger partial charge in [-0.05, 0) is 31.4 Å². The van der Waals surface area contributed by atoms with Crippen LogP contribution >= 0.6 is 0 Å². The second kappa shape index (κ2) is 8.01. The van der Waals surface area contributed by atoms with Crippen molar-refractivity contribution in [2.24, 2.45) is 0 Å². The number of sulfonamides is 1. The van der Waals surface area contributed by atoms with E-state index in [1.807, 2.05) is 20.0 Å². The van der Waals surface area contributed by atoms with Crippen LogP contribution in [0.4, 0.5) is 5.69 Å². The predicted octanol–water partition coefficient (Wildman–Crippen LogP) is 3.02. The fourth-order valence-corrected chi connectivity index (χ4v) is 4.71. The first-order valence-electron chi connectivity index (χ1n) is 8.67. The lowest BCUT2D eigenvalue weighted by atomic mass is 9.94. The molecule has 0 aliphatic heterocycles. The summed E-state index contributed by atoms with van der Waals surface area (Å²) >= 11 is 0. The highest BCUT2D eigenvalue weighted by atomic mass is 32.2. The van der Waals surface area contributed by atoms with E-state index in [-0.39, 0.29) is 11.9 Å². The van der Waals surface area contributed by atoms with Crippen LogP contribution in [0.5, 0.6) is 0 Å². The Kier molecular flexibility index (Phi) is 6.27. The van der Waals surface area contributed by atoms with Gasteiger partial charge in [-0.25, -0.2) is 8.42 Å². The molecule has 1 saturated carbocycles. The van der Waals surface area contributed by atoms with E-state index in [4.69, 9.17) is 0 Å². The van der Waals surface area contributed by atoms with Gasteiger partial charge in [0.2, 0.25) is 15.9 Å². The Balaban J connectivity index is 2.30. The number of benzene rings is 1. The maximum Gasteiger partial charge on any atom is 0.246 e. The number of hydrogen-bond acceptors (Lipinski definition) is 3. The molecule has 0 saturated heterocycles. The first-order chi connectivity index (χ1) is 11.4. The number of para-hydroxylation sites is 1. The molecular formula is C18H28N2O3S. The minimum atomic E-state index is -3.55. The summed E-state index contributed by atoms with van der Waals surface area (Å²) in [6.45, 7) is 1.86. The van der Waals surface area contributed by atoms with E-state index in [1.165, 1.54) is 10.7 Å². The monoisotopic (exact) mass is 352 g/mol. The first-order valence-corrected chi connectivity index (χ1v) is 10.5. The Morgan fingerprint density at radius 2 is 1.75 bits per heavy atom. The number of carbonyl (C=O) groups excluding carboxylic acids is 1. The Labute approximate surface area is 145 Å². The van der Waals surface area contributed by atoms with E-state index in [1.54, 1.807) is 29.2 Å². The van der Waals surface area contributed by atoms with Crippen molar-refractivity contribution in [2.75, 3.05) is 17.6 Å². The van der Waals surface area contributed by atoms with Crippen LogP contribution in [0.3, 0.4) is 0 Å². The molecular weight excluding hydrogens is 324 g/mol. The standard InChI is InChI=1S/C18H28N2O3S/c1-4-17(18(21)19(2)15-11-7-5-8-12-15)20(24(3,22)23)16-13-9-6-10-14-16/h6,9-10,13-15,17H,4-5,7-8,11-12H2,1-3H3/t17-/m0/s1. The zero-order chi connectivity index (χ0) is 17.7. The molecule has 1 aliphatic carbocycles. The van der Waals surface area contributed by atoms with Gasteiger partial charge >= 0.3 is 0 Å². The van der Waals surface area contributed by atoms with Crippen LogP contribution in [-0.4, -0.2) is 44.6 Å². The summed E-state index contributed by atoms with van der Waals surface area (Å²) < 4.78 is 26.1. The van der Waals surface area contributed by atoms with Gasteiger partial charge < -0.3 is 4.90 Å². The number of amides is 1. The summed E-state index contributed by atoms with van der Waals surface area (Å²) in [5.41, 5.74) is 0.539. The second-order valence-electron chi connectivity index (χ2n) is 6.56. The molecule has 0 N–H and O–H groups in total. The van der Waals surface area contributed by atoms with E-state index < -0.39 is 16.1 Å². The van der Waals surface area contributed by atoms with E-state index >= 15 is 0 Å². The fraction of sp³-hybridized carbons (Fsp3) is 0.611. The van der Waals surface area contributed by atoms with Crippen molar-refractivity contribution in [1.82, 2.24) is 4.90 Å². The van der Waals surface area contributed by atoms with E-state index in [9.17, 15) is 13.2 Å². The SMILES string of the molecule is CC[C@@H](C(=O)N(C)C1CCCCC1)N(c1ccccc1)S(C)(=O)=O. The van der Waals surface area contributed by atoms with E-state index in [2.05, 4.69) is 0 Å². The Morgan fingerprint density at radius 1 is 1.17 bits per heavy atom. The molecule has 1 amide bonds. The molecule has 0 bridgehead atoms. The Hall–Kier alpha value is -1.56. The van der Waals surface area contributed by atoms with Crippen molar-refractivity contribution in [1.29, 1.82) is 0 Å². The second-order valence-corrected chi connectivity index (χ2v) is 8.42. The minimum absolute atomic E-state index is 0.112. The van der Waals surface area contributed by atoms with Crippen LogP contribution in [0.25, 0.3) is 0 Å². The summed E-state index contributed by atoms with van der Waals surface area (Å²) in [6.07, 6.45) is 7.09. The number of anilines is 1. The molecule has 6 heteroatoms. The number of nitrogens with zero attached hydrogens (tertiary/aromatic N) is 2. The Morgan fingerprint density at radius 3 is 2.25 bits per heavy atom. The number of likely N-dealkylation sites (N-methyl/N-ethyl adjacent to an activating group) is 1. The molecule has 134 valence electrons. The summed E-state index contributed by atoms with van der Waals surface area (Å²) in [5, 5.41) is 0. The van der Waals surface area contributed by atoms with Gasteiger partial charge in [0.25, 0.3) is 0 Å². The van der Waals surface area contributed by atoms with Gasteiger partial charge in [0.15, 0.2) is 0 Å². The van der Waals surface area contributed by atoms with Gasteiger partial charge in [0, 0.05) is 13.1 Å². The van der Waals surface area contributed by atoms with Gasteiger partial charge in [-0.15, -0.1) is 0 Å². The molecule has 1 aliphatic rings. The van der Waals surface area contributed by atoms with Crippen molar-refractivity contribution >= 4 is 21.6 Å². The van der Waals surface area contributed by atoms with Crippen molar-refractivity contribution < 1.29 is 13.2 Å². The number of hydrogen-bond donors (Lipinski definition) is 0. The summed E-state index contributed by atoms with van der Waals surface area (Å²) in [4.78, 5) is 14.8. The van der Waals surface area contributed by atoms with E-state index in [0.717, 1.165) is 31.9 Å². The molecule has 0 heterocycles. The molecule has 5 nitrogen and oxygen atoms in total. The largest absolute Gasteiger partial charge is 0.341 e. The topological polar surface area (TPSA) is 57.7 Å². The molecule has 24 heavy (non-hydrogen) atoms. The summed E-state index contributed by atoms with van der Waals surface area (Å²) in [5.74, 6) is -0.112. The van der Waals surface area contributed by atoms with Gasteiger partial charge in [-0.2, -0.15) is 0 Å². The molecule has 0 radical (unpaired) electrons. The molecule has 1 aromatic rings. The van der Waals surface area contributed by atoms with Crippen LogP contribution in [-0.2, 0) is 14.8 Å². The zero-order valence-electron chi connectivity index (χ0n) is 14.8. The maximum absolute atomic E-state index is 13.1. The molecule has 2 rings (SSSR count). The summed E-state index contributed by atoms with van der Waals surface area (Å²) in [6, 6.07) is 8.40. The molecule has 0 spiro atoms. The number of rotatable bonds is 6. The summed E-state index contributed by atoms with van der Waals surface area (Å²) in [7, 11) is -1.74. The Bertz CT molecular complexity index is 639.